The maximum atomic E-state index is 13.3. The third-order valence-electron chi connectivity index (χ3n) is 5.45. The number of fused-ring (bicyclic) bond motifs is 1. The third-order valence-corrected chi connectivity index (χ3v) is 6.49. The Labute approximate surface area is 173 Å². The average molecular weight is 415 g/mol. The number of nitrogens with zero attached hydrogens (tertiary/aromatic N) is 2. The molecule has 0 saturated carbocycles. The Kier molecular flexibility index (Phi) is 5.89. The monoisotopic (exact) mass is 414 g/mol. The number of halogens is 1. The number of anilines is 1. The van der Waals surface area contributed by atoms with Crippen LogP contribution >= 0.6 is 11.3 Å². The van der Waals surface area contributed by atoms with Gasteiger partial charge in [-0.1, -0.05) is 11.3 Å². The summed E-state index contributed by atoms with van der Waals surface area (Å²) in [6, 6.07) is 9.91. The summed E-state index contributed by atoms with van der Waals surface area (Å²) in [6.45, 7) is 8.91. The molecule has 0 atom stereocenters. The number of carbonyl (C=O) groups is 1. The fourth-order valence-corrected chi connectivity index (χ4v) is 4.57. The van der Waals surface area contributed by atoms with Crippen LogP contribution in [0.1, 0.15) is 21.5 Å². The van der Waals surface area contributed by atoms with Crippen LogP contribution in [0, 0.1) is 19.7 Å². The first-order valence-corrected chi connectivity index (χ1v) is 10.7. The van der Waals surface area contributed by atoms with Gasteiger partial charge in [-0.2, -0.15) is 0 Å². The van der Waals surface area contributed by atoms with Gasteiger partial charge in [0, 0.05) is 5.56 Å². The molecule has 1 N–H and O–H groups in total. The highest BCUT2D eigenvalue weighted by Crippen LogP contribution is 2.31. The molecule has 1 aromatic heterocycles. The van der Waals surface area contributed by atoms with Crippen molar-refractivity contribution in [2.24, 2.45) is 0 Å². The molecule has 0 radical (unpaired) electrons. The SMILES string of the molecule is Cc1cc2nc(N(CC[NH+]3CCOCC3)C(=O)c3ccc(F)cc3)sc2cc1C. The summed E-state index contributed by atoms with van der Waals surface area (Å²) in [4.78, 5) is 21.2. The van der Waals surface area contributed by atoms with E-state index >= 15 is 0 Å². The van der Waals surface area contributed by atoms with E-state index in [-0.39, 0.29) is 11.7 Å². The van der Waals surface area contributed by atoms with E-state index < -0.39 is 0 Å². The molecule has 1 aliphatic heterocycles. The summed E-state index contributed by atoms with van der Waals surface area (Å²) in [6.07, 6.45) is 0. The van der Waals surface area contributed by atoms with Crippen molar-refractivity contribution < 1.29 is 18.8 Å². The number of aromatic nitrogens is 1. The highest BCUT2D eigenvalue weighted by Gasteiger charge is 2.24. The van der Waals surface area contributed by atoms with Crippen molar-refractivity contribution in [3.05, 3.63) is 58.9 Å². The minimum atomic E-state index is -0.350. The standard InChI is InChI=1S/C22H24FN3O2S/c1-15-13-19-20(14-16(15)2)29-22(24-19)26(8-7-25-9-11-28-12-10-25)21(27)17-3-5-18(23)6-4-17/h3-6,13-14H,7-12H2,1-2H3/p+1. The van der Waals surface area contributed by atoms with Gasteiger partial charge in [-0.25, -0.2) is 9.37 Å². The first-order chi connectivity index (χ1) is 14.0. The molecule has 2 heterocycles. The van der Waals surface area contributed by atoms with Crippen molar-refractivity contribution in [1.29, 1.82) is 0 Å². The topological polar surface area (TPSA) is 46.9 Å². The van der Waals surface area contributed by atoms with E-state index in [0.29, 0.717) is 17.2 Å². The molecule has 2 aromatic carbocycles. The number of amides is 1. The minimum Gasteiger partial charge on any atom is -0.370 e. The molecular formula is C22H25FN3O2S+. The number of ether oxygens (including phenoxy) is 1. The average Bonchev–Trinajstić information content (AvgIpc) is 3.12. The fraction of sp³-hybridized carbons (Fsp3) is 0.364. The second kappa shape index (κ2) is 8.57. The quantitative estimate of drug-likeness (QED) is 0.698. The van der Waals surface area contributed by atoms with Crippen molar-refractivity contribution in [2.45, 2.75) is 13.8 Å². The van der Waals surface area contributed by atoms with Crippen molar-refractivity contribution in [3.63, 3.8) is 0 Å². The summed E-state index contributed by atoms with van der Waals surface area (Å²) >= 11 is 1.53. The van der Waals surface area contributed by atoms with Crippen LogP contribution < -0.4 is 9.80 Å². The van der Waals surface area contributed by atoms with Gasteiger partial charge in [0.1, 0.15) is 18.9 Å². The molecule has 1 fully saturated rings. The number of thiazole rings is 1. The van der Waals surface area contributed by atoms with Crippen molar-refractivity contribution in [2.75, 3.05) is 44.3 Å². The van der Waals surface area contributed by atoms with Gasteiger partial charge in [-0.15, -0.1) is 0 Å². The zero-order chi connectivity index (χ0) is 20.4. The number of hydrogen-bond donors (Lipinski definition) is 1. The predicted molar refractivity (Wildman–Crippen MR) is 114 cm³/mol. The molecule has 4 rings (SSSR count). The zero-order valence-corrected chi connectivity index (χ0v) is 17.5. The molecule has 5 nitrogen and oxygen atoms in total. The van der Waals surface area contributed by atoms with Crippen LogP contribution in [0.2, 0.25) is 0 Å². The Bertz CT molecular complexity index is 974. The van der Waals surface area contributed by atoms with Crippen molar-refractivity contribution in [3.8, 4) is 0 Å². The fourth-order valence-electron chi connectivity index (χ4n) is 3.50. The normalized spacial score (nSPS) is 15.0. The van der Waals surface area contributed by atoms with Crippen molar-refractivity contribution >= 4 is 32.6 Å². The number of aryl methyl sites for hydroxylation is 2. The molecule has 29 heavy (non-hydrogen) atoms. The minimum absolute atomic E-state index is 0.148. The van der Waals surface area contributed by atoms with Crippen LogP contribution in [0.25, 0.3) is 10.2 Å². The van der Waals surface area contributed by atoms with E-state index in [4.69, 9.17) is 9.72 Å². The predicted octanol–water partition coefficient (Wildman–Crippen LogP) is 2.61. The Morgan fingerprint density at radius 3 is 2.59 bits per heavy atom. The largest absolute Gasteiger partial charge is 0.370 e. The number of nitrogens with one attached hydrogen (secondary N) is 1. The molecular weight excluding hydrogens is 389 g/mol. The van der Waals surface area contributed by atoms with Crippen LogP contribution in [0.15, 0.2) is 36.4 Å². The first-order valence-electron chi connectivity index (χ1n) is 9.88. The Morgan fingerprint density at radius 2 is 1.86 bits per heavy atom. The second-order valence-electron chi connectivity index (χ2n) is 7.48. The number of morpholine rings is 1. The van der Waals surface area contributed by atoms with E-state index in [2.05, 4.69) is 26.0 Å². The molecule has 0 unspecified atom stereocenters. The van der Waals surface area contributed by atoms with E-state index in [1.165, 1.54) is 51.6 Å². The zero-order valence-electron chi connectivity index (χ0n) is 16.7. The number of benzene rings is 2. The molecule has 0 spiro atoms. The lowest BCUT2D eigenvalue weighted by atomic mass is 10.1. The van der Waals surface area contributed by atoms with Gasteiger partial charge in [-0.3, -0.25) is 9.69 Å². The van der Waals surface area contributed by atoms with Gasteiger partial charge in [0.05, 0.1) is 36.5 Å². The number of rotatable bonds is 5. The summed E-state index contributed by atoms with van der Waals surface area (Å²) in [5.74, 6) is -0.498. The maximum absolute atomic E-state index is 13.3. The van der Waals surface area contributed by atoms with Gasteiger partial charge in [0.25, 0.3) is 5.91 Å². The first kappa shape index (κ1) is 19.9. The molecule has 1 saturated heterocycles. The van der Waals surface area contributed by atoms with Gasteiger partial charge < -0.3 is 9.64 Å². The molecule has 3 aromatic rings. The number of quaternary nitrogens is 1. The van der Waals surface area contributed by atoms with Gasteiger partial charge in [-0.05, 0) is 61.4 Å². The van der Waals surface area contributed by atoms with E-state index in [1.54, 1.807) is 4.90 Å². The molecule has 1 amide bonds. The lowest BCUT2D eigenvalue weighted by Crippen LogP contribution is -3.14. The highest BCUT2D eigenvalue weighted by molar-refractivity contribution is 7.22. The van der Waals surface area contributed by atoms with E-state index in [9.17, 15) is 9.18 Å². The Balaban J connectivity index is 1.64. The Hall–Kier alpha value is -2.35. The van der Waals surface area contributed by atoms with Crippen molar-refractivity contribution in [1.82, 2.24) is 4.98 Å². The van der Waals surface area contributed by atoms with Crippen LogP contribution in [0.5, 0.6) is 0 Å². The molecule has 152 valence electrons. The van der Waals surface area contributed by atoms with Crippen LogP contribution in [-0.2, 0) is 4.74 Å². The molecule has 7 heteroatoms. The summed E-state index contributed by atoms with van der Waals surface area (Å²) in [5.41, 5.74) is 3.77. The van der Waals surface area contributed by atoms with Crippen LogP contribution in [0.4, 0.5) is 9.52 Å². The molecule has 0 aliphatic carbocycles. The summed E-state index contributed by atoms with van der Waals surface area (Å²) in [7, 11) is 0. The van der Waals surface area contributed by atoms with E-state index in [0.717, 1.165) is 43.1 Å². The smallest absolute Gasteiger partial charge is 0.260 e. The maximum Gasteiger partial charge on any atom is 0.260 e. The van der Waals surface area contributed by atoms with Gasteiger partial charge in [0.15, 0.2) is 5.13 Å². The molecule has 1 aliphatic rings. The van der Waals surface area contributed by atoms with Crippen LogP contribution in [-0.4, -0.2) is 50.3 Å². The Morgan fingerprint density at radius 1 is 1.17 bits per heavy atom. The number of carbonyl (C=O) groups excluding carboxylic acids is 1. The van der Waals surface area contributed by atoms with Crippen LogP contribution in [0.3, 0.4) is 0 Å². The van der Waals surface area contributed by atoms with Gasteiger partial charge >= 0.3 is 0 Å². The summed E-state index contributed by atoms with van der Waals surface area (Å²) in [5, 5.41) is 0.687. The van der Waals surface area contributed by atoms with Gasteiger partial charge in [0.2, 0.25) is 0 Å². The lowest BCUT2D eigenvalue weighted by Gasteiger charge is -2.26. The third kappa shape index (κ3) is 4.47. The number of hydrogen-bond acceptors (Lipinski definition) is 4. The lowest BCUT2D eigenvalue weighted by molar-refractivity contribution is -0.906. The molecule has 0 bridgehead atoms. The van der Waals surface area contributed by atoms with E-state index in [1.807, 2.05) is 0 Å². The highest BCUT2D eigenvalue weighted by atomic mass is 32.1. The second-order valence-corrected chi connectivity index (χ2v) is 8.49. The summed E-state index contributed by atoms with van der Waals surface area (Å²) < 4.78 is 19.8.